The molecule has 2 aliphatic heterocycles. The molecule has 9 nitrogen and oxygen atoms in total. The van der Waals surface area contributed by atoms with Gasteiger partial charge in [0.05, 0.1) is 23.0 Å². The van der Waals surface area contributed by atoms with Gasteiger partial charge in [-0.05, 0) is 51.3 Å². The van der Waals surface area contributed by atoms with Gasteiger partial charge in [0.15, 0.2) is 22.7 Å². The van der Waals surface area contributed by atoms with Crippen LogP contribution in [-0.4, -0.2) is 68.9 Å². The van der Waals surface area contributed by atoms with E-state index in [-0.39, 0.29) is 29.3 Å². The molecule has 0 radical (unpaired) electrons. The van der Waals surface area contributed by atoms with E-state index in [1.807, 2.05) is 37.7 Å². The minimum absolute atomic E-state index is 0.00336. The van der Waals surface area contributed by atoms with Gasteiger partial charge in [0.1, 0.15) is 11.4 Å². The van der Waals surface area contributed by atoms with Crippen molar-refractivity contribution in [2.24, 2.45) is 4.99 Å². The van der Waals surface area contributed by atoms with Crippen LogP contribution in [0.3, 0.4) is 0 Å². The highest BCUT2D eigenvalue weighted by molar-refractivity contribution is 6.30. The lowest BCUT2D eigenvalue weighted by atomic mass is 10.0. The maximum absolute atomic E-state index is 14.9. The number of ether oxygens (including phenoxy) is 1. The Bertz CT molecular complexity index is 1400. The number of anilines is 2. The third-order valence-electron chi connectivity index (χ3n) is 6.42. The van der Waals surface area contributed by atoms with Crippen LogP contribution in [0.25, 0.3) is 0 Å². The summed E-state index contributed by atoms with van der Waals surface area (Å²) < 4.78 is 20.4. The summed E-state index contributed by atoms with van der Waals surface area (Å²) in [6, 6.07) is 2.68. The molecule has 39 heavy (non-hydrogen) atoms. The second-order valence-corrected chi connectivity index (χ2v) is 11.1. The number of carbonyl (C=O) groups is 1. The zero-order valence-corrected chi connectivity index (χ0v) is 23.7. The molecule has 0 aliphatic carbocycles. The number of halogens is 2. The van der Waals surface area contributed by atoms with Crippen LogP contribution in [0.1, 0.15) is 57.4 Å². The number of pyridine rings is 2. The first-order chi connectivity index (χ1) is 18.4. The summed E-state index contributed by atoms with van der Waals surface area (Å²) in [5.41, 5.74) is 1.85. The molecule has 11 heteroatoms. The monoisotopic (exact) mass is 554 g/mol. The average Bonchev–Trinajstić information content (AvgIpc) is 2.87. The lowest BCUT2D eigenvalue weighted by Gasteiger charge is -2.43. The molecule has 1 fully saturated rings. The quantitative estimate of drug-likeness (QED) is 0.286. The summed E-state index contributed by atoms with van der Waals surface area (Å²) in [6.45, 7) is 16.1. The van der Waals surface area contributed by atoms with E-state index in [9.17, 15) is 14.0 Å². The van der Waals surface area contributed by atoms with Crippen LogP contribution in [-0.2, 0) is 9.53 Å². The first-order valence-corrected chi connectivity index (χ1v) is 13.1. The van der Waals surface area contributed by atoms with Crippen molar-refractivity contribution in [3.05, 3.63) is 64.6 Å². The van der Waals surface area contributed by atoms with Gasteiger partial charge in [-0.15, -0.1) is 6.58 Å². The molecule has 0 spiro atoms. The summed E-state index contributed by atoms with van der Waals surface area (Å²) in [6.07, 6.45) is 2.94. The summed E-state index contributed by atoms with van der Waals surface area (Å²) in [7, 11) is 0. The number of hydrogen-bond acceptors (Lipinski definition) is 8. The molecular formula is C28H32ClFN6O3. The van der Waals surface area contributed by atoms with Crippen LogP contribution in [0, 0.1) is 12.7 Å². The van der Waals surface area contributed by atoms with Crippen LogP contribution < -0.4 is 4.90 Å². The van der Waals surface area contributed by atoms with Crippen molar-refractivity contribution in [1.29, 1.82) is 0 Å². The Morgan fingerprint density at radius 3 is 2.67 bits per heavy atom. The maximum atomic E-state index is 14.9. The number of piperazine rings is 1. The molecule has 4 heterocycles. The van der Waals surface area contributed by atoms with Gasteiger partial charge in [-0.2, -0.15) is 0 Å². The van der Waals surface area contributed by atoms with E-state index < -0.39 is 23.6 Å². The summed E-state index contributed by atoms with van der Waals surface area (Å²) in [5, 5.41) is -0.340. The highest BCUT2D eigenvalue weighted by Crippen LogP contribution is 2.42. The van der Waals surface area contributed by atoms with E-state index >= 15 is 0 Å². The Morgan fingerprint density at radius 1 is 1.33 bits per heavy atom. The number of fused-ring (bicyclic) bond motifs is 1. The predicted octanol–water partition coefficient (Wildman–Crippen LogP) is 5.38. The molecule has 206 valence electrons. The Kier molecular flexibility index (Phi) is 7.82. The Balaban J connectivity index is 1.82. The lowest BCUT2D eigenvalue weighted by Crippen LogP contribution is -2.57. The fraction of sp³-hybridized carbons (Fsp3) is 0.429. The molecule has 2 aromatic rings. The fourth-order valence-corrected chi connectivity index (χ4v) is 4.79. The molecule has 2 aromatic heterocycles. The topological polar surface area (TPSA) is 91.2 Å². The minimum atomic E-state index is -0.726. The molecule has 4 rings (SSSR count). The normalized spacial score (nSPS) is 17.6. The van der Waals surface area contributed by atoms with Crippen molar-refractivity contribution in [3.8, 4) is 0 Å². The zero-order valence-electron chi connectivity index (χ0n) is 23.0. The number of aliphatic imine (C=N–C) groups is 1. The van der Waals surface area contributed by atoms with Gasteiger partial charge in [0.25, 0.3) is 0 Å². The average molecular weight is 555 g/mol. The van der Waals surface area contributed by atoms with Gasteiger partial charge in [0.2, 0.25) is 5.82 Å². The van der Waals surface area contributed by atoms with Crippen molar-refractivity contribution < 1.29 is 18.7 Å². The van der Waals surface area contributed by atoms with Crippen molar-refractivity contribution in [3.63, 3.8) is 0 Å². The van der Waals surface area contributed by atoms with E-state index in [2.05, 4.69) is 21.5 Å². The van der Waals surface area contributed by atoms with Crippen molar-refractivity contribution in [2.45, 2.75) is 59.1 Å². The number of amides is 1. The summed E-state index contributed by atoms with van der Waals surface area (Å²) in [5.74, 6) is 1.70. The number of aryl methyl sites for hydroxylation is 1. The van der Waals surface area contributed by atoms with Crippen molar-refractivity contribution in [1.82, 2.24) is 19.8 Å². The van der Waals surface area contributed by atoms with Crippen LogP contribution in [0.5, 0.6) is 0 Å². The summed E-state index contributed by atoms with van der Waals surface area (Å²) in [4.78, 5) is 43.7. The number of hydrogen-bond donors (Lipinski definition) is 0. The van der Waals surface area contributed by atoms with Gasteiger partial charge in [0, 0.05) is 25.8 Å². The van der Waals surface area contributed by atoms with Crippen molar-refractivity contribution in [2.75, 3.05) is 24.5 Å². The van der Waals surface area contributed by atoms with Gasteiger partial charge in [-0.25, -0.2) is 24.0 Å². The number of carbonyl (C=O) groups excluding carboxylic acids is 2. The lowest BCUT2D eigenvalue weighted by molar-refractivity contribution is 0.0151. The molecule has 2 aliphatic rings. The van der Waals surface area contributed by atoms with E-state index in [1.54, 1.807) is 37.9 Å². The molecular weight excluding hydrogens is 523 g/mol. The molecule has 1 amide bonds. The highest BCUT2D eigenvalue weighted by Gasteiger charge is 2.38. The summed E-state index contributed by atoms with van der Waals surface area (Å²) >= 11 is 6.16. The van der Waals surface area contributed by atoms with E-state index in [0.29, 0.717) is 35.9 Å². The third kappa shape index (κ3) is 5.53. The van der Waals surface area contributed by atoms with Crippen LogP contribution >= 0.6 is 11.6 Å². The molecule has 0 aromatic carbocycles. The Hall–Kier alpha value is -3.75. The SMILES string of the molecule is C=CC1CN(C(=O)OC(C)(C)C)CCN1C1=NC(=C=O)N(c2c(C)ccnc2C(C)C)c2nc(Cl)c(F)cc21. The Labute approximate surface area is 232 Å². The number of nitrogens with zero attached hydrogens (tertiary/aromatic N) is 6. The fourth-order valence-electron chi connectivity index (χ4n) is 4.65. The molecule has 0 bridgehead atoms. The maximum Gasteiger partial charge on any atom is 0.410 e. The van der Waals surface area contributed by atoms with Crippen molar-refractivity contribution >= 4 is 41.0 Å². The van der Waals surface area contributed by atoms with Gasteiger partial charge >= 0.3 is 6.09 Å². The standard InChI is InChI=1S/C28H32ClFN6O3/c1-8-18-14-34(27(38)39-28(5,6)7)11-12-35(18)25-19-13-20(30)24(29)33-26(19)36(21(15-37)32-25)23-17(4)9-10-31-22(23)16(2)3/h8-10,13,16,18H,1,11-12,14H2,2-7H3. The van der Waals surface area contributed by atoms with Gasteiger partial charge in [-0.1, -0.05) is 31.5 Å². The largest absolute Gasteiger partial charge is 0.444 e. The molecule has 1 saturated heterocycles. The molecule has 0 N–H and O–H groups in total. The van der Waals surface area contributed by atoms with Crippen LogP contribution in [0.2, 0.25) is 5.15 Å². The number of aromatic nitrogens is 2. The molecule has 0 saturated carbocycles. The number of amidine groups is 1. The molecule has 1 atom stereocenters. The zero-order chi connectivity index (χ0) is 28.6. The minimum Gasteiger partial charge on any atom is -0.444 e. The second kappa shape index (κ2) is 10.8. The Morgan fingerprint density at radius 2 is 2.05 bits per heavy atom. The number of rotatable bonds is 3. The van der Waals surface area contributed by atoms with E-state index in [1.165, 1.54) is 11.0 Å². The second-order valence-electron chi connectivity index (χ2n) is 10.8. The smallest absolute Gasteiger partial charge is 0.410 e. The molecule has 1 unspecified atom stereocenters. The van der Waals surface area contributed by atoms with E-state index in [4.69, 9.17) is 16.3 Å². The highest BCUT2D eigenvalue weighted by atomic mass is 35.5. The predicted molar refractivity (Wildman–Crippen MR) is 149 cm³/mol. The van der Waals surface area contributed by atoms with E-state index in [0.717, 1.165) is 5.56 Å². The first-order valence-electron chi connectivity index (χ1n) is 12.7. The van der Waals surface area contributed by atoms with Gasteiger partial charge in [-0.3, -0.25) is 9.88 Å². The van der Waals surface area contributed by atoms with Crippen LogP contribution in [0.4, 0.5) is 20.7 Å². The van der Waals surface area contributed by atoms with Gasteiger partial charge < -0.3 is 14.5 Å². The third-order valence-corrected chi connectivity index (χ3v) is 6.68. The first kappa shape index (κ1) is 28.3. The van der Waals surface area contributed by atoms with Crippen LogP contribution in [0.15, 0.2) is 41.8 Å².